The van der Waals surface area contributed by atoms with Gasteiger partial charge >= 0.3 is 0 Å². The molecule has 3 aromatic carbocycles. The van der Waals surface area contributed by atoms with E-state index in [9.17, 15) is 13.2 Å². The van der Waals surface area contributed by atoms with Crippen LogP contribution in [0.5, 0.6) is 0 Å². The lowest BCUT2D eigenvalue weighted by Crippen LogP contribution is -2.48. The Balaban J connectivity index is 1.23. The Morgan fingerprint density at radius 2 is 1.50 bits per heavy atom. The maximum absolute atomic E-state index is 13.6. The maximum Gasteiger partial charge on any atom is 0.264 e. The second-order valence-corrected chi connectivity index (χ2v) is 13.8. The van der Waals surface area contributed by atoms with E-state index in [1.54, 1.807) is 43.3 Å². The zero-order valence-corrected chi connectivity index (χ0v) is 23.1. The lowest BCUT2D eigenvalue weighted by atomic mass is 9.48. The monoisotopic (exact) mass is 548 g/mol. The summed E-state index contributed by atoms with van der Waals surface area (Å²) >= 11 is 6.33. The fourth-order valence-corrected chi connectivity index (χ4v) is 9.26. The van der Waals surface area contributed by atoms with E-state index in [4.69, 9.17) is 11.6 Å². The predicted molar refractivity (Wildman–Crippen MR) is 152 cm³/mol. The van der Waals surface area contributed by atoms with E-state index in [1.165, 1.54) is 56.2 Å². The third-order valence-corrected chi connectivity index (χ3v) is 11.1. The minimum Gasteiger partial charge on any atom is -0.325 e. The predicted octanol–water partition coefficient (Wildman–Crippen LogP) is 6.95. The number of nitrogens with one attached hydrogen (secondary N) is 1. The van der Waals surface area contributed by atoms with Crippen LogP contribution in [0.3, 0.4) is 0 Å². The van der Waals surface area contributed by atoms with Gasteiger partial charge in [-0.05, 0) is 116 Å². The minimum atomic E-state index is -4.00. The summed E-state index contributed by atoms with van der Waals surface area (Å²) in [4.78, 5) is 13.3. The normalized spacial score (nSPS) is 25.8. The maximum atomic E-state index is 13.6. The van der Waals surface area contributed by atoms with Crippen LogP contribution in [0.4, 0.5) is 11.4 Å². The fourth-order valence-electron chi connectivity index (χ4n) is 7.59. The van der Waals surface area contributed by atoms with Crippen molar-refractivity contribution < 1.29 is 13.2 Å². The molecule has 0 aliphatic heterocycles. The van der Waals surface area contributed by atoms with Crippen molar-refractivity contribution in [2.24, 2.45) is 17.8 Å². The molecule has 5 nitrogen and oxygen atoms in total. The van der Waals surface area contributed by atoms with Crippen LogP contribution >= 0.6 is 11.6 Å². The Hall–Kier alpha value is -2.83. The van der Waals surface area contributed by atoms with Crippen LogP contribution in [0.2, 0.25) is 5.02 Å². The summed E-state index contributed by atoms with van der Waals surface area (Å²) < 4.78 is 28.4. The second kappa shape index (κ2) is 9.73. The van der Waals surface area contributed by atoms with Crippen molar-refractivity contribution in [3.63, 3.8) is 0 Å². The first-order valence-corrected chi connectivity index (χ1v) is 15.3. The summed E-state index contributed by atoms with van der Waals surface area (Å²) in [7, 11) is -4.00. The first-order chi connectivity index (χ1) is 18.2. The van der Waals surface area contributed by atoms with Gasteiger partial charge in [0.2, 0.25) is 5.91 Å². The molecule has 0 heterocycles. The van der Waals surface area contributed by atoms with E-state index in [0.717, 1.165) is 22.1 Å². The SMILES string of the molecule is Cc1c(Cl)cccc1N(CC(=O)Nc1ccc(C23CC4CC(CC(C4)C2)C3)cc1)S(=O)(=O)c1ccccc1. The van der Waals surface area contributed by atoms with Crippen molar-refractivity contribution in [1.29, 1.82) is 0 Å². The quantitative estimate of drug-likeness (QED) is 0.347. The number of rotatable bonds is 7. The van der Waals surface area contributed by atoms with Gasteiger partial charge in [-0.25, -0.2) is 8.42 Å². The molecule has 198 valence electrons. The van der Waals surface area contributed by atoms with Gasteiger partial charge in [0.15, 0.2) is 0 Å². The average molecular weight is 549 g/mol. The van der Waals surface area contributed by atoms with Gasteiger partial charge in [0.25, 0.3) is 10.0 Å². The summed E-state index contributed by atoms with van der Waals surface area (Å²) in [5.41, 5.74) is 3.33. The minimum absolute atomic E-state index is 0.118. The fraction of sp³-hybridized carbons (Fsp3) is 0.387. The molecule has 1 amide bonds. The Morgan fingerprint density at radius 1 is 0.895 bits per heavy atom. The van der Waals surface area contributed by atoms with E-state index in [2.05, 4.69) is 17.4 Å². The van der Waals surface area contributed by atoms with Crippen molar-refractivity contribution >= 4 is 38.9 Å². The van der Waals surface area contributed by atoms with E-state index >= 15 is 0 Å². The van der Waals surface area contributed by atoms with Gasteiger partial charge in [-0.1, -0.05) is 48.0 Å². The highest BCUT2D eigenvalue weighted by molar-refractivity contribution is 7.92. The number of carbonyl (C=O) groups is 1. The number of carbonyl (C=O) groups excluding carboxylic acids is 1. The Kier molecular flexibility index (Phi) is 6.51. The molecular formula is C31H33ClN2O3S. The summed E-state index contributed by atoms with van der Waals surface area (Å²) in [6.45, 7) is 1.39. The molecule has 0 atom stereocenters. The highest BCUT2D eigenvalue weighted by Gasteiger charge is 2.51. The van der Waals surface area contributed by atoms with Crippen molar-refractivity contribution in [2.45, 2.75) is 55.8 Å². The highest BCUT2D eigenvalue weighted by Crippen LogP contribution is 2.60. The van der Waals surface area contributed by atoms with Gasteiger partial charge in [0, 0.05) is 10.7 Å². The second-order valence-electron chi connectivity index (χ2n) is 11.5. The molecule has 4 saturated carbocycles. The topological polar surface area (TPSA) is 66.5 Å². The molecule has 0 unspecified atom stereocenters. The lowest BCUT2D eigenvalue weighted by Gasteiger charge is -2.57. The van der Waals surface area contributed by atoms with E-state index in [-0.39, 0.29) is 11.4 Å². The average Bonchev–Trinajstić information content (AvgIpc) is 2.89. The van der Waals surface area contributed by atoms with Crippen LogP contribution in [0.1, 0.15) is 49.7 Å². The summed E-state index contributed by atoms with van der Waals surface area (Å²) in [5.74, 6) is 2.20. The van der Waals surface area contributed by atoms with Crippen molar-refractivity contribution in [2.75, 3.05) is 16.2 Å². The molecule has 4 aliphatic rings. The standard InChI is InChI=1S/C31H33ClN2O3S/c1-21-28(32)8-5-9-29(21)34(38(36,37)27-6-3-2-4-7-27)20-30(35)33-26-12-10-25(11-13-26)31-17-22-14-23(18-31)16-24(15-22)19-31/h2-13,22-24H,14-20H2,1H3,(H,33,35). The lowest BCUT2D eigenvalue weighted by molar-refractivity contribution is -0.114. The number of halogens is 1. The van der Waals surface area contributed by atoms with Crippen LogP contribution < -0.4 is 9.62 Å². The third kappa shape index (κ3) is 4.62. The zero-order chi connectivity index (χ0) is 26.5. The number of amides is 1. The third-order valence-electron chi connectivity index (χ3n) is 8.95. The number of anilines is 2. The Bertz CT molecular complexity index is 1420. The van der Waals surface area contributed by atoms with Crippen LogP contribution in [0.25, 0.3) is 0 Å². The van der Waals surface area contributed by atoms with Gasteiger partial charge in [-0.3, -0.25) is 9.10 Å². The zero-order valence-electron chi connectivity index (χ0n) is 21.6. The van der Waals surface area contributed by atoms with Crippen molar-refractivity contribution in [3.8, 4) is 0 Å². The smallest absolute Gasteiger partial charge is 0.264 e. The molecule has 0 saturated heterocycles. The van der Waals surface area contributed by atoms with E-state index in [0.29, 0.717) is 27.4 Å². The molecule has 1 N–H and O–H groups in total. The van der Waals surface area contributed by atoms with Gasteiger partial charge < -0.3 is 5.32 Å². The molecule has 0 radical (unpaired) electrons. The largest absolute Gasteiger partial charge is 0.325 e. The molecular weight excluding hydrogens is 516 g/mol. The van der Waals surface area contributed by atoms with Crippen molar-refractivity contribution in [3.05, 3.63) is 88.9 Å². The molecule has 0 spiro atoms. The molecule has 38 heavy (non-hydrogen) atoms. The molecule has 3 aromatic rings. The molecule has 4 fully saturated rings. The summed E-state index contributed by atoms with van der Waals surface area (Å²) in [6, 6.07) is 21.5. The Morgan fingerprint density at radius 3 is 2.11 bits per heavy atom. The summed E-state index contributed by atoms with van der Waals surface area (Å²) in [6.07, 6.45) is 8.08. The highest BCUT2D eigenvalue weighted by atomic mass is 35.5. The van der Waals surface area contributed by atoms with E-state index in [1.807, 2.05) is 12.1 Å². The first kappa shape index (κ1) is 25.4. The number of hydrogen-bond acceptors (Lipinski definition) is 3. The van der Waals surface area contributed by atoms with Crippen LogP contribution in [-0.2, 0) is 20.2 Å². The van der Waals surface area contributed by atoms with Crippen molar-refractivity contribution in [1.82, 2.24) is 0 Å². The van der Waals surface area contributed by atoms with Crippen LogP contribution in [0.15, 0.2) is 77.7 Å². The Labute approximate surface area is 230 Å². The molecule has 7 rings (SSSR count). The van der Waals surface area contributed by atoms with Gasteiger partial charge in [0.05, 0.1) is 10.6 Å². The van der Waals surface area contributed by atoms with Gasteiger partial charge in [0.1, 0.15) is 6.54 Å². The molecule has 4 bridgehead atoms. The van der Waals surface area contributed by atoms with Crippen LogP contribution in [0, 0.1) is 24.7 Å². The van der Waals surface area contributed by atoms with Gasteiger partial charge in [-0.2, -0.15) is 0 Å². The van der Waals surface area contributed by atoms with E-state index < -0.39 is 15.9 Å². The molecule has 7 heteroatoms. The van der Waals surface area contributed by atoms with Gasteiger partial charge in [-0.15, -0.1) is 0 Å². The molecule has 0 aromatic heterocycles. The first-order valence-electron chi connectivity index (χ1n) is 13.5. The molecule has 4 aliphatic carbocycles. The number of nitrogens with zero attached hydrogens (tertiary/aromatic N) is 1. The number of hydrogen-bond donors (Lipinski definition) is 1. The number of sulfonamides is 1. The summed E-state index contributed by atoms with van der Waals surface area (Å²) in [5, 5.41) is 3.36. The number of benzene rings is 3. The van der Waals surface area contributed by atoms with Crippen LogP contribution in [-0.4, -0.2) is 20.9 Å².